The maximum atomic E-state index is 10.6. The van der Waals surface area contributed by atoms with Crippen LogP contribution in [-0.2, 0) is 4.74 Å². The molecule has 1 aromatic heterocycles. The van der Waals surface area contributed by atoms with Gasteiger partial charge in [-0.2, -0.15) is 0 Å². The predicted molar refractivity (Wildman–Crippen MR) is 58.8 cm³/mol. The number of anilines is 1. The van der Waals surface area contributed by atoms with Crippen molar-refractivity contribution in [3.8, 4) is 0 Å². The lowest BCUT2D eigenvalue weighted by Crippen LogP contribution is -2.22. The summed E-state index contributed by atoms with van der Waals surface area (Å²) in [6.45, 7) is 1.76. The maximum absolute atomic E-state index is 10.6. The van der Waals surface area contributed by atoms with E-state index in [4.69, 9.17) is 9.84 Å². The summed E-state index contributed by atoms with van der Waals surface area (Å²) in [6.07, 6.45) is 2.86. The van der Waals surface area contributed by atoms with Crippen LogP contribution in [0.25, 0.3) is 0 Å². The number of hydrogen-bond acceptors (Lipinski definition) is 4. The molecule has 0 aromatic carbocycles. The Morgan fingerprint density at radius 2 is 2.44 bits per heavy atom. The van der Waals surface area contributed by atoms with E-state index in [1.165, 1.54) is 6.07 Å². The fraction of sp³-hybridized carbons (Fsp3) is 0.455. The summed E-state index contributed by atoms with van der Waals surface area (Å²) < 4.78 is 5.27. The van der Waals surface area contributed by atoms with Crippen LogP contribution in [0.5, 0.6) is 0 Å². The highest BCUT2D eigenvalue weighted by Crippen LogP contribution is 2.20. The molecule has 1 aromatic rings. The first-order chi connectivity index (χ1) is 7.70. The van der Waals surface area contributed by atoms with Crippen LogP contribution in [0, 0.1) is 0 Å². The van der Waals surface area contributed by atoms with E-state index in [2.05, 4.69) is 9.88 Å². The van der Waals surface area contributed by atoms with Crippen molar-refractivity contribution in [3.05, 3.63) is 24.0 Å². The minimum Gasteiger partial charge on any atom is -0.477 e. The third-order valence-corrected chi connectivity index (χ3v) is 2.81. The molecule has 1 N–H and O–H groups in total. The molecule has 5 heteroatoms. The second kappa shape index (κ2) is 4.49. The summed E-state index contributed by atoms with van der Waals surface area (Å²) >= 11 is 0. The number of nitrogens with zero attached hydrogens (tertiary/aromatic N) is 2. The zero-order valence-corrected chi connectivity index (χ0v) is 9.09. The fourth-order valence-electron chi connectivity index (χ4n) is 1.85. The summed E-state index contributed by atoms with van der Waals surface area (Å²) in [4.78, 5) is 16.7. The van der Waals surface area contributed by atoms with Gasteiger partial charge in [0.2, 0.25) is 0 Å². The van der Waals surface area contributed by atoms with Crippen LogP contribution in [0.15, 0.2) is 18.3 Å². The van der Waals surface area contributed by atoms with E-state index in [1.54, 1.807) is 19.4 Å². The molecule has 2 rings (SSSR count). The van der Waals surface area contributed by atoms with E-state index in [0.717, 1.165) is 25.2 Å². The molecule has 1 aliphatic heterocycles. The first kappa shape index (κ1) is 10.9. The van der Waals surface area contributed by atoms with Gasteiger partial charge in [-0.1, -0.05) is 0 Å². The van der Waals surface area contributed by atoms with Gasteiger partial charge < -0.3 is 14.7 Å². The first-order valence-electron chi connectivity index (χ1n) is 5.18. The molecule has 1 aliphatic rings. The molecule has 5 nitrogen and oxygen atoms in total. The minimum atomic E-state index is -0.997. The van der Waals surface area contributed by atoms with Crippen LogP contribution in [-0.4, -0.2) is 42.4 Å². The van der Waals surface area contributed by atoms with Crippen LogP contribution >= 0.6 is 0 Å². The van der Waals surface area contributed by atoms with Gasteiger partial charge in [0.25, 0.3) is 0 Å². The van der Waals surface area contributed by atoms with Gasteiger partial charge in [-0.05, 0) is 18.6 Å². The van der Waals surface area contributed by atoms with Crippen molar-refractivity contribution >= 4 is 11.7 Å². The third kappa shape index (κ3) is 2.14. The van der Waals surface area contributed by atoms with Gasteiger partial charge in [-0.25, -0.2) is 9.78 Å². The normalized spacial score (nSPS) is 20.1. The molecular weight excluding hydrogens is 208 g/mol. The molecule has 2 heterocycles. The number of carboxylic acid groups (broad SMARTS) is 1. The van der Waals surface area contributed by atoms with Crippen LogP contribution in [0.3, 0.4) is 0 Å². The number of rotatable bonds is 3. The lowest BCUT2D eigenvalue weighted by atomic mass is 10.3. The van der Waals surface area contributed by atoms with E-state index < -0.39 is 5.97 Å². The van der Waals surface area contributed by atoms with Crippen molar-refractivity contribution in [1.29, 1.82) is 0 Å². The van der Waals surface area contributed by atoms with Gasteiger partial charge >= 0.3 is 5.97 Å². The number of methoxy groups -OCH3 is 1. The van der Waals surface area contributed by atoms with E-state index in [-0.39, 0.29) is 11.8 Å². The van der Waals surface area contributed by atoms with Gasteiger partial charge in [0.1, 0.15) is 5.69 Å². The van der Waals surface area contributed by atoms with Crippen molar-refractivity contribution in [2.24, 2.45) is 0 Å². The van der Waals surface area contributed by atoms with Gasteiger partial charge in [0.15, 0.2) is 0 Å². The molecule has 1 unspecified atom stereocenters. The van der Waals surface area contributed by atoms with Crippen molar-refractivity contribution in [2.75, 3.05) is 25.1 Å². The lowest BCUT2D eigenvalue weighted by Gasteiger charge is -2.17. The summed E-state index contributed by atoms with van der Waals surface area (Å²) in [5.74, 6) is -0.997. The van der Waals surface area contributed by atoms with Crippen molar-refractivity contribution in [2.45, 2.75) is 12.5 Å². The van der Waals surface area contributed by atoms with Gasteiger partial charge in [-0.15, -0.1) is 0 Å². The highest BCUT2D eigenvalue weighted by molar-refractivity contribution is 5.85. The van der Waals surface area contributed by atoms with Gasteiger partial charge in [0.05, 0.1) is 18.0 Å². The standard InChI is InChI=1S/C11H14N2O3/c1-16-9-4-5-13(7-9)8-2-3-10(11(14)15)12-6-8/h2-3,6,9H,4-5,7H2,1H3,(H,14,15). The zero-order chi connectivity index (χ0) is 11.5. The highest BCUT2D eigenvalue weighted by atomic mass is 16.5. The number of pyridine rings is 1. The number of aromatic nitrogens is 1. The average molecular weight is 222 g/mol. The Labute approximate surface area is 93.7 Å². The van der Waals surface area contributed by atoms with Crippen LogP contribution in [0.1, 0.15) is 16.9 Å². The molecular formula is C11H14N2O3. The smallest absolute Gasteiger partial charge is 0.354 e. The number of carbonyl (C=O) groups is 1. The summed E-state index contributed by atoms with van der Waals surface area (Å²) in [5, 5.41) is 8.73. The molecule has 86 valence electrons. The third-order valence-electron chi connectivity index (χ3n) is 2.81. The molecule has 0 spiro atoms. The Kier molecular flexibility index (Phi) is 3.05. The monoisotopic (exact) mass is 222 g/mol. The Bertz CT molecular complexity index is 377. The first-order valence-corrected chi connectivity index (χ1v) is 5.18. The second-order valence-electron chi connectivity index (χ2n) is 3.80. The number of carboxylic acids is 1. The molecule has 0 radical (unpaired) electrons. The Hall–Kier alpha value is -1.62. The second-order valence-corrected chi connectivity index (χ2v) is 3.80. The minimum absolute atomic E-state index is 0.0752. The highest BCUT2D eigenvalue weighted by Gasteiger charge is 2.22. The van der Waals surface area contributed by atoms with E-state index in [1.807, 2.05) is 0 Å². The quantitative estimate of drug-likeness (QED) is 0.826. The SMILES string of the molecule is COC1CCN(c2ccc(C(=O)O)nc2)C1. The molecule has 1 saturated heterocycles. The maximum Gasteiger partial charge on any atom is 0.354 e. The number of ether oxygens (including phenoxy) is 1. The molecule has 1 atom stereocenters. The molecule has 0 amide bonds. The molecule has 1 fully saturated rings. The van der Waals surface area contributed by atoms with Crippen molar-refractivity contribution < 1.29 is 14.6 Å². The van der Waals surface area contributed by atoms with E-state index in [9.17, 15) is 4.79 Å². The zero-order valence-electron chi connectivity index (χ0n) is 9.09. The van der Waals surface area contributed by atoms with Crippen molar-refractivity contribution in [1.82, 2.24) is 4.98 Å². The molecule has 0 saturated carbocycles. The fourth-order valence-corrected chi connectivity index (χ4v) is 1.85. The van der Waals surface area contributed by atoms with E-state index in [0.29, 0.717) is 0 Å². The van der Waals surface area contributed by atoms with Gasteiger partial charge in [-0.3, -0.25) is 0 Å². The van der Waals surface area contributed by atoms with Crippen LogP contribution < -0.4 is 4.90 Å². The number of aromatic carboxylic acids is 1. The average Bonchev–Trinajstić information content (AvgIpc) is 2.77. The Morgan fingerprint density at radius 1 is 1.62 bits per heavy atom. The lowest BCUT2D eigenvalue weighted by molar-refractivity contribution is 0.0690. The molecule has 16 heavy (non-hydrogen) atoms. The Morgan fingerprint density at radius 3 is 2.94 bits per heavy atom. The van der Waals surface area contributed by atoms with Crippen LogP contribution in [0.2, 0.25) is 0 Å². The summed E-state index contributed by atoms with van der Waals surface area (Å²) in [7, 11) is 1.71. The predicted octanol–water partition coefficient (Wildman–Crippen LogP) is 1.00. The van der Waals surface area contributed by atoms with Gasteiger partial charge in [0, 0.05) is 20.2 Å². The Balaban J connectivity index is 2.08. The number of hydrogen-bond donors (Lipinski definition) is 1. The molecule has 0 aliphatic carbocycles. The summed E-state index contributed by atoms with van der Waals surface area (Å²) in [6, 6.07) is 3.31. The van der Waals surface area contributed by atoms with Crippen LogP contribution in [0.4, 0.5) is 5.69 Å². The largest absolute Gasteiger partial charge is 0.477 e. The summed E-state index contributed by atoms with van der Waals surface area (Å²) in [5.41, 5.74) is 1.02. The molecule has 0 bridgehead atoms. The van der Waals surface area contributed by atoms with Crippen molar-refractivity contribution in [3.63, 3.8) is 0 Å². The topological polar surface area (TPSA) is 62.7 Å². The van der Waals surface area contributed by atoms with E-state index >= 15 is 0 Å².